The highest BCUT2D eigenvalue weighted by molar-refractivity contribution is 5.80. The molecule has 0 aliphatic carbocycles. The number of amides is 1. The summed E-state index contributed by atoms with van der Waals surface area (Å²) in [4.78, 5) is 30.3. The predicted molar refractivity (Wildman–Crippen MR) is 97.3 cm³/mol. The van der Waals surface area contributed by atoms with Gasteiger partial charge in [0, 0.05) is 13.2 Å². The van der Waals surface area contributed by atoms with E-state index in [9.17, 15) is 14.9 Å². The van der Waals surface area contributed by atoms with Crippen LogP contribution in [-0.4, -0.2) is 47.2 Å². The Labute approximate surface area is 155 Å². The molecule has 1 aromatic heterocycles. The van der Waals surface area contributed by atoms with E-state index in [1.807, 2.05) is 6.07 Å². The highest BCUT2D eigenvalue weighted by atomic mass is 16.6. The molecule has 144 valence electrons. The summed E-state index contributed by atoms with van der Waals surface area (Å²) in [5.74, 6) is -0.152. The maximum Gasteiger partial charge on any atom is 0.354 e. The van der Waals surface area contributed by atoms with Crippen molar-refractivity contribution in [1.82, 2.24) is 15.4 Å². The third-order valence-corrected chi connectivity index (χ3v) is 3.24. The average Bonchev–Trinajstić information content (AvgIpc) is 2.65. The number of rotatable bonds is 10. The quantitative estimate of drug-likeness (QED) is 0.414. The molecule has 0 radical (unpaired) electrons. The van der Waals surface area contributed by atoms with Crippen LogP contribution in [0.1, 0.15) is 6.92 Å². The molecule has 0 aliphatic rings. The number of ether oxygens (including phenoxy) is 2. The summed E-state index contributed by atoms with van der Waals surface area (Å²) >= 11 is 0. The van der Waals surface area contributed by atoms with Gasteiger partial charge in [-0.15, -0.1) is 0 Å². The second-order valence-electron chi connectivity index (χ2n) is 5.45. The van der Waals surface area contributed by atoms with Crippen LogP contribution in [-0.2, 0) is 9.53 Å². The number of carbonyl (C=O) groups is 1. The Bertz CT molecular complexity index is 773. The van der Waals surface area contributed by atoms with Gasteiger partial charge in [0.1, 0.15) is 12.1 Å². The topological polar surface area (TPSA) is 141 Å². The summed E-state index contributed by atoms with van der Waals surface area (Å²) in [6.45, 7) is 1.84. The largest absolute Gasteiger partial charge is 0.484 e. The number of nitrogens with zero attached hydrogens (tertiary/aromatic N) is 3. The molecule has 2 rings (SSSR count). The van der Waals surface area contributed by atoms with Crippen LogP contribution in [0.15, 0.2) is 36.7 Å². The minimum Gasteiger partial charge on any atom is -0.484 e. The molecule has 11 heteroatoms. The summed E-state index contributed by atoms with van der Waals surface area (Å²) < 4.78 is 10.3. The summed E-state index contributed by atoms with van der Waals surface area (Å²) in [6, 6.07) is 8.56. The Kier molecular flexibility index (Phi) is 7.26. The molecule has 0 spiro atoms. The van der Waals surface area contributed by atoms with E-state index in [0.717, 1.165) is 6.33 Å². The van der Waals surface area contributed by atoms with Crippen molar-refractivity contribution in [2.45, 2.75) is 13.0 Å². The fraction of sp³-hybridized carbons (Fsp3) is 0.312. The molecule has 0 bridgehead atoms. The Morgan fingerprint density at radius 2 is 1.96 bits per heavy atom. The van der Waals surface area contributed by atoms with Gasteiger partial charge in [0.05, 0.1) is 11.5 Å². The second kappa shape index (κ2) is 9.87. The molecule has 1 aromatic carbocycles. The van der Waals surface area contributed by atoms with Gasteiger partial charge < -0.3 is 14.8 Å². The first-order valence-corrected chi connectivity index (χ1v) is 7.98. The van der Waals surface area contributed by atoms with Gasteiger partial charge in [-0.25, -0.2) is 9.97 Å². The molecule has 3 N–H and O–H groups in total. The molecule has 1 unspecified atom stereocenters. The van der Waals surface area contributed by atoms with Crippen LogP contribution in [0.3, 0.4) is 0 Å². The fourth-order valence-corrected chi connectivity index (χ4v) is 2.10. The van der Waals surface area contributed by atoms with E-state index < -0.39 is 16.5 Å². The van der Waals surface area contributed by atoms with Gasteiger partial charge in [0.25, 0.3) is 5.91 Å². The first kappa shape index (κ1) is 19.8. The fourth-order valence-electron chi connectivity index (χ4n) is 2.10. The van der Waals surface area contributed by atoms with Crippen molar-refractivity contribution in [2.75, 3.05) is 31.1 Å². The van der Waals surface area contributed by atoms with Crippen molar-refractivity contribution in [1.29, 1.82) is 0 Å². The number of hydrogen-bond donors (Lipinski definition) is 3. The summed E-state index contributed by atoms with van der Waals surface area (Å²) in [5, 5.41) is 14.3. The minimum absolute atomic E-state index is 0.0110. The van der Waals surface area contributed by atoms with Gasteiger partial charge >= 0.3 is 5.69 Å². The molecule has 11 nitrogen and oxygen atoms in total. The van der Waals surface area contributed by atoms with E-state index >= 15 is 0 Å². The lowest BCUT2D eigenvalue weighted by Gasteiger charge is -2.14. The van der Waals surface area contributed by atoms with E-state index in [1.54, 1.807) is 31.2 Å². The van der Waals surface area contributed by atoms with Crippen LogP contribution in [0.4, 0.5) is 17.3 Å². The molecule has 1 amide bonds. The highest BCUT2D eigenvalue weighted by Gasteiger charge is 2.24. The number of para-hydroxylation sites is 1. The first-order valence-electron chi connectivity index (χ1n) is 7.98. The zero-order valence-corrected chi connectivity index (χ0v) is 14.8. The van der Waals surface area contributed by atoms with Crippen molar-refractivity contribution in [2.24, 2.45) is 0 Å². The van der Waals surface area contributed by atoms with Crippen molar-refractivity contribution in [3.63, 3.8) is 0 Å². The zero-order valence-electron chi connectivity index (χ0n) is 14.8. The van der Waals surface area contributed by atoms with Gasteiger partial charge in [0.2, 0.25) is 11.6 Å². The third-order valence-electron chi connectivity index (χ3n) is 3.24. The number of methoxy groups -OCH3 is 1. The van der Waals surface area contributed by atoms with E-state index in [2.05, 4.69) is 26.1 Å². The van der Waals surface area contributed by atoms with Gasteiger partial charge in [-0.3, -0.25) is 25.8 Å². The van der Waals surface area contributed by atoms with Crippen LogP contribution in [0.2, 0.25) is 0 Å². The van der Waals surface area contributed by atoms with Crippen LogP contribution >= 0.6 is 0 Å². The molecule has 0 saturated carbocycles. The van der Waals surface area contributed by atoms with Crippen molar-refractivity contribution in [3.05, 3.63) is 46.8 Å². The number of carbonyl (C=O) groups excluding carboxylic acids is 1. The molecule has 27 heavy (non-hydrogen) atoms. The van der Waals surface area contributed by atoms with E-state index in [-0.39, 0.29) is 24.3 Å². The zero-order chi connectivity index (χ0) is 19.6. The van der Waals surface area contributed by atoms with E-state index in [1.165, 1.54) is 7.11 Å². The maximum atomic E-state index is 11.9. The standard InChI is InChI=1S/C16H20N6O5/c1-11(8-26-2)19-15-14(22(24)25)16(18-10-17-15)21-20-13(23)9-27-12-6-4-3-5-7-12/h3-7,10-11H,8-9H2,1-2H3,(H,20,23)(H2,17,18,19,21). The summed E-state index contributed by atoms with van der Waals surface area (Å²) in [6.07, 6.45) is 1.14. The average molecular weight is 376 g/mol. The molecule has 1 atom stereocenters. The SMILES string of the molecule is COCC(C)Nc1ncnc(NNC(=O)COc2ccccc2)c1[N+](=O)[O-]. The predicted octanol–water partition coefficient (Wildman–Crippen LogP) is 1.35. The number of hydrogen-bond acceptors (Lipinski definition) is 9. The Hall–Kier alpha value is -3.47. The van der Waals surface area contributed by atoms with Crippen LogP contribution in [0, 0.1) is 10.1 Å². The lowest BCUT2D eigenvalue weighted by atomic mass is 10.3. The normalized spacial score (nSPS) is 11.3. The molecule has 0 saturated heterocycles. The van der Waals surface area contributed by atoms with Crippen LogP contribution < -0.4 is 20.9 Å². The first-order chi connectivity index (χ1) is 13.0. The Morgan fingerprint density at radius 1 is 1.26 bits per heavy atom. The molecule has 0 fully saturated rings. The van der Waals surface area contributed by atoms with Gasteiger partial charge in [-0.05, 0) is 19.1 Å². The van der Waals surface area contributed by atoms with Gasteiger partial charge in [-0.2, -0.15) is 0 Å². The van der Waals surface area contributed by atoms with Crippen molar-refractivity contribution < 1.29 is 19.2 Å². The molecule has 0 aliphatic heterocycles. The molecule has 2 aromatic rings. The summed E-state index contributed by atoms with van der Waals surface area (Å²) in [5.41, 5.74) is 4.34. The smallest absolute Gasteiger partial charge is 0.354 e. The number of nitro groups is 1. The molecular weight excluding hydrogens is 356 g/mol. The number of hydrazine groups is 1. The molecule has 1 heterocycles. The number of anilines is 2. The molecular formula is C16H20N6O5. The third kappa shape index (κ3) is 6.08. The van der Waals surface area contributed by atoms with E-state index in [4.69, 9.17) is 9.47 Å². The lowest BCUT2D eigenvalue weighted by molar-refractivity contribution is -0.383. The van der Waals surface area contributed by atoms with Crippen molar-refractivity contribution in [3.8, 4) is 5.75 Å². The number of benzene rings is 1. The van der Waals surface area contributed by atoms with Gasteiger partial charge in [0.15, 0.2) is 6.61 Å². The maximum absolute atomic E-state index is 11.9. The number of aromatic nitrogens is 2. The highest BCUT2D eigenvalue weighted by Crippen LogP contribution is 2.28. The summed E-state index contributed by atoms with van der Waals surface area (Å²) in [7, 11) is 1.52. The lowest BCUT2D eigenvalue weighted by Crippen LogP contribution is -2.34. The van der Waals surface area contributed by atoms with Crippen LogP contribution in [0.5, 0.6) is 5.75 Å². The monoisotopic (exact) mass is 376 g/mol. The minimum atomic E-state index is -0.642. The van der Waals surface area contributed by atoms with Crippen molar-refractivity contribution >= 4 is 23.2 Å². The van der Waals surface area contributed by atoms with Crippen LogP contribution in [0.25, 0.3) is 0 Å². The van der Waals surface area contributed by atoms with E-state index in [0.29, 0.717) is 12.4 Å². The van der Waals surface area contributed by atoms with Gasteiger partial charge in [-0.1, -0.05) is 18.2 Å². The Balaban J connectivity index is 2.00. The number of nitrogens with one attached hydrogen (secondary N) is 3. The second-order valence-corrected chi connectivity index (χ2v) is 5.45. The Morgan fingerprint density at radius 3 is 2.63 bits per heavy atom.